The maximum absolute atomic E-state index is 12.5. The van der Waals surface area contributed by atoms with Gasteiger partial charge in [-0.1, -0.05) is 23.8 Å². The monoisotopic (exact) mass is 366 g/mol. The molecule has 2 N–H and O–H groups in total. The lowest BCUT2D eigenvalue weighted by atomic mass is 9.95. The number of carbonyl (C=O) groups is 1. The standard InChI is InChI=1S/C22H30N4O/c27-22(23-13-10-17-6-2-1-3-7-17)18-11-14-26(15-12-18)16-21-24-19-8-4-5-9-20(19)25-21/h4-6,8-9,18H,1-3,7,10-16H2,(H,23,27)(H,24,25). The molecule has 1 fully saturated rings. The van der Waals surface area contributed by atoms with Crippen LogP contribution < -0.4 is 5.32 Å². The number of hydrogen-bond donors (Lipinski definition) is 2. The maximum atomic E-state index is 12.5. The van der Waals surface area contributed by atoms with Crippen molar-refractivity contribution in [3.8, 4) is 0 Å². The molecule has 1 aliphatic carbocycles. The zero-order valence-corrected chi connectivity index (χ0v) is 16.0. The highest BCUT2D eigenvalue weighted by Crippen LogP contribution is 2.21. The molecule has 2 aromatic rings. The van der Waals surface area contributed by atoms with Crippen molar-refractivity contribution >= 4 is 16.9 Å². The van der Waals surface area contributed by atoms with E-state index in [1.54, 1.807) is 0 Å². The van der Waals surface area contributed by atoms with E-state index in [4.69, 9.17) is 0 Å². The van der Waals surface area contributed by atoms with Crippen LogP contribution in [0.3, 0.4) is 0 Å². The van der Waals surface area contributed by atoms with Crippen LogP contribution in [0.1, 0.15) is 50.8 Å². The van der Waals surface area contributed by atoms with Gasteiger partial charge in [0.15, 0.2) is 0 Å². The van der Waals surface area contributed by atoms with Crippen LogP contribution in [0.15, 0.2) is 35.9 Å². The zero-order chi connectivity index (χ0) is 18.5. The normalized spacial score (nSPS) is 19.2. The van der Waals surface area contributed by atoms with E-state index < -0.39 is 0 Å². The van der Waals surface area contributed by atoms with Gasteiger partial charge >= 0.3 is 0 Å². The number of nitrogens with zero attached hydrogens (tertiary/aromatic N) is 2. The Morgan fingerprint density at radius 1 is 1.22 bits per heavy atom. The summed E-state index contributed by atoms with van der Waals surface area (Å²) in [6, 6.07) is 8.14. The van der Waals surface area contributed by atoms with Crippen molar-refractivity contribution in [3.05, 3.63) is 41.7 Å². The lowest BCUT2D eigenvalue weighted by molar-refractivity contribution is -0.126. The van der Waals surface area contributed by atoms with Crippen molar-refractivity contribution in [1.29, 1.82) is 0 Å². The minimum Gasteiger partial charge on any atom is -0.356 e. The SMILES string of the molecule is O=C(NCCC1=CCCCC1)C1CCN(Cc2nc3ccccc3[nH]2)CC1. The van der Waals surface area contributed by atoms with E-state index in [2.05, 4.69) is 32.3 Å². The van der Waals surface area contributed by atoms with Crippen LogP contribution >= 0.6 is 0 Å². The van der Waals surface area contributed by atoms with E-state index in [1.165, 1.54) is 31.3 Å². The van der Waals surface area contributed by atoms with Crippen LogP contribution in [0.2, 0.25) is 0 Å². The molecule has 144 valence electrons. The Morgan fingerprint density at radius 2 is 2.07 bits per heavy atom. The number of hydrogen-bond acceptors (Lipinski definition) is 3. The number of nitrogens with one attached hydrogen (secondary N) is 2. The molecule has 1 saturated heterocycles. The Morgan fingerprint density at radius 3 is 2.85 bits per heavy atom. The highest BCUT2D eigenvalue weighted by molar-refractivity contribution is 5.78. The van der Waals surface area contributed by atoms with Gasteiger partial charge in [-0.3, -0.25) is 9.69 Å². The van der Waals surface area contributed by atoms with Crippen LogP contribution in [0, 0.1) is 5.92 Å². The topological polar surface area (TPSA) is 61.0 Å². The number of carbonyl (C=O) groups excluding carboxylic acids is 1. The second kappa shape index (κ2) is 8.70. The van der Waals surface area contributed by atoms with Gasteiger partial charge in [0.25, 0.3) is 0 Å². The third kappa shape index (κ3) is 4.78. The number of H-pyrrole nitrogens is 1. The van der Waals surface area contributed by atoms with Gasteiger partial charge in [0, 0.05) is 12.5 Å². The van der Waals surface area contributed by atoms with Crippen LogP contribution in [0.4, 0.5) is 0 Å². The second-order valence-electron chi connectivity index (χ2n) is 7.90. The average Bonchev–Trinajstić information content (AvgIpc) is 3.11. The first-order chi connectivity index (χ1) is 13.3. The number of imidazole rings is 1. The maximum Gasteiger partial charge on any atom is 0.223 e. The van der Waals surface area contributed by atoms with Crippen molar-refractivity contribution in [2.75, 3.05) is 19.6 Å². The molecule has 1 aromatic carbocycles. The van der Waals surface area contributed by atoms with Gasteiger partial charge in [0.05, 0.1) is 17.6 Å². The number of aromatic nitrogens is 2. The van der Waals surface area contributed by atoms with Crippen molar-refractivity contribution in [2.45, 2.75) is 51.5 Å². The molecule has 5 nitrogen and oxygen atoms in total. The van der Waals surface area contributed by atoms with Gasteiger partial charge in [-0.05, 0) is 70.2 Å². The number of fused-ring (bicyclic) bond motifs is 1. The highest BCUT2D eigenvalue weighted by atomic mass is 16.1. The number of rotatable bonds is 6. The predicted molar refractivity (Wildman–Crippen MR) is 108 cm³/mol. The largest absolute Gasteiger partial charge is 0.356 e. The molecular formula is C22H30N4O. The number of aromatic amines is 1. The summed E-state index contributed by atoms with van der Waals surface area (Å²) in [6.07, 6.45) is 10.3. The zero-order valence-electron chi connectivity index (χ0n) is 16.0. The van der Waals surface area contributed by atoms with Gasteiger partial charge in [-0.25, -0.2) is 4.98 Å². The summed E-state index contributed by atoms with van der Waals surface area (Å²) in [5.41, 5.74) is 3.65. The van der Waals surface area contributed by atoms with E-state index in [1.807, 2.05) is 18.2 Å². The molecule has 2 heterocycles. The fraction of sp³-hybridized carbons (Fsp3) is 0.545. The second-order valence-corrected chi connectivity index (χ2v) is 7.90. The predicted octanol–water partition coefficient (Wildman–Crippen LogP) is 3.78. The molecule has 1 aliphatic heterocycles. The third-order valence-corrected chi connectivity index (χ3v) is 5.90. The molecule has 5 heteroatoms. The number of piperidine rings is 1. The molecule has 2 aliphatic rings. The Kier molecular flexibility index (Phi) is 5.87. The van der Waals surface area contributed by atoms with E-state index in [0.29, 0.717) is 0 Å². The van der Waals surface area contributed by atoms with E-state index >= 15 is 0 Å². The van der Waals surface area contributed by atoms with Crippen LogP contribution in [-0.4, -0.2) is 40.4 Å². The number of likely N-dealkylation sites (tertiary alicyclic amines) is 1. The first kappa shape index (κ1) is 18.2. The first-order valence-corrected chi connectivity index (χ1v) is 10.4. The van der Waals surface area contributed by atoms with Gasteiger partial charge in [0.1, 0.15) is 5.82 Å². The summed E-state index contributed by atoms with van der Waals surface area (Å²) in [5, 5.41) is 3.17. The minimum atomic E-state index is 0.164. The molecule has 1 amide bonds. The summed E-state index contributed by atoms with van der Waals surface area (Å²) in [7, 11) is 0. The van der Waals surface area contributed by atoms with Crippen molar-refractivity contribution in [2.24, 2.45) is 5.92 Å². The molecular weight excluding hydrogens is 336 g/mol. The van der Waals surface area contributed by atoms with Crippen LogP contribution in [0.25, 0.3) is 11.0 Å². The smallest absolute Gasteiger partial charge is 0.223 e. The van der Waals surface area contributed by atoms with E-state index in [-0.39, 0.29) is 11.8 Å². The molecule has 0 saturated carbocycles. The van der Waals surface area contributed by atoms with Gasteiger partial charge in [0.2, 0.25) is 5.91 Å². The van der Waals surface area contributed by atoms with Crippen molar-refractivity contribution in [3.63, 3.8) is 0 Å². The Labute approximate surface area is 161 Å². The van der Waals surface area contributed by atoms with Crippen molar-refractivity contribution in [1.82, 2.24) is 20.2 Å². The molecule has 27 heavy (non-hydrogen) atoms. The summed E-state index contributed by atoms with van der Waals surface area (Å²) >= 11 is 0. The van der Waals surface area contributed by atoms with E-state index in [9.17, 15) is 4.79 Å². The fourth-order valence-corrected chi connectivity index (χ4v) is 4.27. The number of amides is 1. The van der Waals surface area contributed by atoms with E-state index in [0.717, 1.165) is 62.3 Å². The third-order valence-electron chi connectivity index (χ3n) is 5.90. The summed E-state index contributed by atoms with van der Waals surface area (Å²) in [5.74, 6) is 1.42. The lowest BCUT2D eigenvalue weighted by Gasteiger charge is -2.30. The number of benzene rings is 1. The summed E-state index contributed by atoms with van der Waals surface area (Å²) in [6.45, 7) is 3.54. The van der Waals surface area contributed by atoms with Gasteiger partial charge in [-0.15, -0.1) is 0 Å². The Bertz CT molecular complexity index is 769. The van der Waals surface area contributed by atoms with Gasteiger partial charge in [-0.2, -0.15) is 0 Å². The molecule has 0 radical (unpaired) electrons. The lowest BCUT2D eigenvalue weighted by Crippen LogP contribution is -2.40. The molecule has 0 unspecified atom stereocenters. The fourth-order valence-electron chi connectivity index (χ4n) is 4.27. The molecule has 0 spiro atoms. The molecule has 1 aromatic heterocycles. The Balaban J connectivity index is 1.20. The number of para-hydroxylation sites is 2. The quantitative estimate of drug-likeness (QED) is 0.765. The van der Waals surface area contributed by atoms with Crippen molar-refractivity contribution < 1.29 is 4.79 Å². The van der Waals surface area contributed by atoms with Crippen LogP contribution in [-0.2, 0) is 11.3 Å². The molecule has 0 bridgehead atoms. The highest BCUT2D eigenvalue weighted by Gasteiger charge is 2.25. The number of allylic oxidation sites excluding steroid dienone is 1. The van der Waals surface area contributed by atoms with Gasteiger partial charge < -0.3 is 10.3 Å². The minimum absolute atomic E-state index is 0.164. The summed E-state index contributed by atoms with van der Waals surface area (Å²) in [4.78, 5) is 22.9. The Hall–Kier alpha value is -2.14. The van der Waals surface area contributed by atoms with Crippen LogP contribution in [0.5, 0.6) is 0 Å². The first-order valence-electron chi connectivity index (χ1n) is 10.4. The molecule has 4 rings (SSSR count). The average molecular weight is 367 g/mol. The summed E-state index contributed by atoms with van der Waals surface area (Å²) < 4.78 is 0. The molecule has 0 atom stereocenters.